The van der Waals surface area contributed by atoms with Crippen LogP contribution < -0.4 is 11.1 Å². The summed E-state index contributed by atoms with van der Waals surface area (Å²) in [7, 11) is 0. The number of nitrogens with one attached hydrogen (secondary N) is 1. The van der Waals surface area contributed by atoms with Gasteiger partial charge in [-0.1, -0.05) is 60.7 Å². The maximum Gasteiger partial charge on any atom is 0.252 e. The van der Waals surface area contributed by atoms with Crippen molar-refractivity contribution in [2.45, 2.75) is 32.3 Å². The zero-order chi connectivity index (χ0) is 22.7. The Morgan fingerprint density at radius 1 is 1.16 bits per heavy atom. The number of hydrogen-bond acceptors (Lipinski definition) is 5. The molecule has 4 aromatic rings. The van der Waals surface area contributed by atoms with Crippen LogP contribution in [0.1, 0.15) is 29.8 Å². The Morgan fingerprint density at radius 3 is 2.47 bits per heavy atom. The predicted molar refractivity (Wildman–Crippen MR) is 124 cm³/mol. The molecule has 7 nitrogen and oxygen atoms in total. The zero-order valence-electron chi connectivity index (χ0n) is 18.0. The van der Waals surface area contributed by atoms with E-state index in [1.54, 1.807) is 18.4 Å². The molecular formula is C25H26N4O3. The zero-order valence-corrected chi connectivity index (χ0v) is 18.0. The molecule has 0 spiro atoms. The SMILES string of the molecule is C[C@@H](OCc1ccccc1)[C@@](C)(O)Nc1c(C(N)=O)cnn2cc(-c3ccccc3)cc12. The standard InChI is InChI=1S/C25H26N4O3/c1-17(32-16-18-9-5-3-6-10-18)25(2,31)28-23-21(24(26)30)14-27-29-15-20(13-22(23)29)19-11-7-4-8-12-19/h3-15,17,28,31H,16H2,1-2H3,(H2,26,30)/t17-,25-/m1/s1. The first-order valence-electron chi connectivity index (χ1n) is 10.4. The van der Waals surface area contributed by atoms with Gasteiger partial charge in [-0.05, 0) is 31.0 Å². The number of ether oxygens (including phenoxy) is 1. The Morgan fingerprint density at radius 2 is 1.81 bits per heavy atom. The van der Waals surface area contributed by atoms with Crippen LogP contribution in [0.15, 0.2) is 79.1 Å². The number of rotatable bonds is 8. The number of carbonyl (C=O) groups is 1. The van der Waals surface area contributed by atoms with Gasteiger partial charge >= 0.3 is 0 Å². The Labute approximate surface area is 186 Å². The van der Waals surface area contributed by atoms with Crippen molar-refractivity contribution in [1.29, 1.82) is 0 Å². The lowest BCUT2D eigenvalue weighted by atomic mass is 10.1. The summed E-state index contributed by atoms with van der Waals surface area (Å²) in [5, 5.41) is 18.6. The molecule has 1 amide bonds. The third kappa shape index (κ3) is 4.49. The summed E-state index contributed by atoms with van der Waals surface area (Å²) in [5.74, 6) is -0.640. The molecule has 0 saturated carbocycles. The van der Waals surface area contributed by atoms with Gasteiger partial charge in [-0.25, -0.2) is 4.52 Å². The fourth-order valence-corrected chi connectivity index (χ4v) is 3.48. The summed E-state index contributed by atoms with van der Waals surface area (Å²) >= 11 is 0. The van der Waals surface area contributed by atoms with Crippen LogP contribution in [0.2, 0.25) is 0 Å². The van der Waals surface area contributed by atoms with E-state index in [2.05, 4.69) is 10.4 Å². The minimum Gasteiger partial charge on any atom is -0.369 e. The molecule has 0 saturated heterocycles. The average Bonchev–Trinajstić information content (AvgIpc) is 3.23. The van der Waals surface area contributed by atoms with Gasteiger partial charge < -0.3 is 20.9 Å². The van der Waals surface area contributed by atoms with Gasteiger partial charge in [-0.3, -0.25) is 4.79 Å². The van der Waals surface area contributed by atoms with Crippen LogP contribution in [0.25, 0.3) is 16.6 Å². The van der Waals surface area contributed by atoms with Crippen LogP contribution in [0, 0.1) is 0 Å². The number of amides is 1. The van der Waals surface area contributed by atoms with Gasteiger partial charge in [0.1, 0.15) is 6.10 Å². The maximum absolute atomic E-state index is 12.1. The molecule has 0 fully saturated rings. The second-order valence-corrected chi connectivity index (χ2v) is 7.93. The topological polar surface area (TPSA) is 102 Å². The minimum atomic E-state index is -1.49. The molecule has 4 N–H and O–H groups in total. The van der Waals surface area contributed by atoms with Crippen LogP contribution in [0.3, 0.4) is 0 Å². The lowest BCUT2D eigenvalue weighted by Gasteiger charge is -2.33. The average molecular weight is 431 g/mol. The summed E-state index contributed by atoms with van der Waals surface area (Å²) in [5.41, 5.74) is 8.26. The molecule has 4 rings (SSSR count). The number of anilines is 1. The van der Waals surface area contributed by atoms with E-state index in [0.717, 1.165) is 16.7 Å². The molecule has 32 heavy (non-hydrogen) atoms. The van der Waals surface area contributed by atoms with E-state index < -0.39 is 17.7 Å². The van der Waals surface area contributed by atoms with Crippen molar-refractivity contribution in [1.82, 2.24) is 9.61 Å². The van der Waals surface area contributed by atoms with Crippen molar-refractivity contribution in [3.05, 3.63) is 90.3 Å². The fourth-order valence-electron chi connectivity index (χ4n) is 3.48. The molecule has 2 atom stereocenters. The van der Waals surface area contributed by atoms with E-state index in [1.165, 1.54) is 6.20 Å². The molecule has 2 aromatic carbocycles. The largest absolute Gasteiger partial charge is 0.369 e. The van der Waals surface area contributed by atoms with Crippen molar-refractivity contribution in [2.75, 3.05) is 5.32 Å². The van der Waals surface area contributed by atoms with Crippen LogP contribution in [-0.4, -0.2) is 32.5 Å². The second kappa shape index (κ2) is 8.82. The Bertz CT molecular complexity index is 1220. The quantitative estimate of drug-likeness (QED) is 0.369. The Balaban J connectivity index is 1.66. The molecule has 0 aliphatic carbocycles. The molecule has 2 heterocycles. The first-order chi connectivity index (χ1) is 15.3. The highest BCUT2D eigenvalue weighted by Gasteiger charge is 2.31. The minimum absolute atomic E-state index is 0.186. The number of fused-ring (bicyclic) bond motifs is 1. The molecule has 0 bridgehead atoms. The van der Waals surface area contributed by atoms with E-state index >= 15 is 0 Å². The van der Waals surface area contributed by atoms with Gasteiger partial charge in [0.25, 0.3) is 5.91 Å². The summed E-state index contributed by atoms with van der Waals surface area (Å²) < 4.78 is 7.56. The van der Waals surface area contributed by atoms with Gasteiger partial charge in [0, 0.05) is 11.8 Å². The van der Waals surface area contributed by atoms with Crippen LogP contribution in [-0.2, 0) is 11.3 Å². The molecule has 0 radical (unpaired) electrons. The molecule has 7 heteroatoms. The lowest BCUT2D eigenvalue weighted by molar-refractivity contribution is -0.0795. The van der Waals surface area contributed by atoms with E-state index in [1.807, 2.05) is 72.9 Å². The summed E-state index contributed by atoms with van der Waals surface area (Å²) in [6.07, 6.45) is 2.67. The number of hydrogen-bond donors (Lipinski definition) is 3. The molecule has 0 aliphatic heterocycles. The predicted octanol–water partition coefficient (Wildman–Crippen LogP) is 3.83. The summed E-state index contributed by atoms with van der Waals surface area (Å²) in [6, 6.07) is 21.5. The van der Waals surface area contributed by atoms with Gasteiger partial charge in [0.05, 0.1) is 29.6 Å². The smallest absolute Gasteiger partial charge is 0.252 e. The number of carbonyl (C=O) groups excluding carboxylic acids is 1. The number of aromatic nitrogens is 2. The van der Waals surface area contributed by atoms with Gasteiger partial charge in [0.2, 0.25) is 0 Å². The normalized spacial score (nSPS) is 14.1. The van der Waals surface area contributed by atoms with Crippen molar-refractivity contribution < 1.29 is 14.6 Å². The third-order valence-corrected chi connectivity index (χ3v) is 5.52. The van der Waals surface area contributed by atoms with E-state index in [9.17, 15) is 9.90 Å². The monoisotopic (exact) mass is 430 g/mol. The highest BCUT2D eigenvalue weighted by atomic mass is 16.5. The molecule has 2 aromatic heterocycles. The molecule has 164 valence electrons. The van der Waals surface area contributed by atoms with Crippen LogP contribution in [0.5, 0.6) is 0 Å². The fraction of sp³-hybridized carbons (Fsp3) is 0.200. The van der Waals surface area contributed by atoms with Crippen molar-refractivity contribution in [3.8, 4) is 11.1 Å². The van der Waals surface area contributed by atoms with Gasteiger partial charge in [0.15, 0.2) is 5.72 Å². The first-order valence-corrected chi connectivity index (χ1v) is 10.4. The first kappa shape index (κ1) is 21.5. The maximum atomic E-state index is 12.1. The van der Waals surface area contributed by atoms with Crippen molar-refractivity contribution in [2.24, 2.45) is 5.73 Å². The van der Waals surface area contributed by atoms with E-state index in [4.69, 9.17) is 10.5 Å². The molecule has 0 unspecified atom stereocenters. The van der Waals surface area contributed by atoms with Crippen molar-refractivity contribution in [3.63, 3.8) is 0 Å². The second-order valence-electron chi connectivity index (χ2n) is 7.93. The van der Waals surface area contributed by atoms with E-state index in [0.29, 0.717) is 17.8 Å². The van der Waals surface area contributed by atoms with Gasteiger partial charge in [-0.2, -0.15) is 5.10 Å². The van der Waals surface area contributed by atoms with Crippen molar-refractivity contribution >= 4 is 17.1 Å². The van der Waals surface area contributed by atoms with E-state index in [-0.39, 0.29) is 5.56 Å². The molecular weight excluding hydrogens is 404 g/mol. The Hall–Kier alpha value is -3.68. The highest BCUT2D eigenvalue weighted by Crippen LogP contribution is 2.31. The van der Waals surface area contributed by atoms with Gasteiger partial charge in [-0.15, -0.1) is 0 Å². The number of benzene rings is 2. The van der Waals surface area contributed by atoms with Crippen LogP contribution >= 0.6 is 0 Å². The third-order valence-electron chi connectivity index (χ3n) is 5.52. The molecule has 0 aliphatic rings. The number of nitrogens with zero attached hydrogens (tertiary/aromatic N) is 2. The summed E-state index contributed by atoms with van der Waals surface area (Å²) in [4.78, 5) is 12.1. The number of nitrogens with two attached hydrogens (primary N) is 1. The number of primary amides is 1. The lowest BCUT2D eigenvalue weighted by Crippen LogP contribution is -2.46. The van der Waals surface area contributed by atoms with Crippen LogP contribution in [0.4, 0.5) is 5.69 Å². The summed E-state index contributed by atoms with van der Waals surface area (Å²) in [6.45, 7) is 3.72. The number of aliphatic hydroxyl groups is 1. The highest BCUT2D eigenvalue weighted by molar-refractivity contribution is 6.02. The Kier molecular flexibility index (Phi) is 5.94.